The molecule has 0 amide bonds. The summed E-state index contributed by atoms with van der Waals surface area (Å²) >= 11 is 0. The molecule has 2 heteroatoms. The number of rotatable bonds is 4. The molecular formula is C16H23NO. The van der Waals surface area contributed by atoms with Crippen molar-refractivity contribution >= 4 is 11.5 Å². The van der Waals surface area contributed by atoms with Gasteiger partial charge in [0.05, 0.1) is 0 Å². The fraction of sp³-hybridized carbons (Fsp3) is 0.562. The number of anilines is 1. The maximum Gasteiger partial charge on any atom is 0.132 e. The Morgan fingerprint density at radius 3 is 2.33 bits per heavy atom. The monoisotopic (exact) mass is 245 g/mol. The van der Waals surface area contributed by atoms with E-state index in [-0.39, 0.29) is 0 Å². The van der Waals surface area contributed by atoms with Crippen molar-refractivity contribution in [1.29, 1.82) is 0 Å². The molecule has 0 aromatic heterocycles. The summed E-state index contributed by atoms with van der Waals surface area (Å²) in [6, 6.07) is 8.70. The minimum Gasteiger partial charge on any atom is -0.385 e. The molecule has 1 aromatic rings. The van der Waals surface area contributed by atoms with Gasteiger partial charge in [-0.3, -0.25) is 4.79 Å². The van der Waals surface area contributed by atoms with Gasteiger partial charge in [-0.2, -0.15) is 0 Å². The summed E-state index contributed by atoms with van der Waals surface area (Å²) in [7, 11) is 0. The topological polar surface area (TPSA) is 29.1 Å². The lowest BCUT2D eigenvalue weighted by atomic mass is 9.88. The third kappa shape index (κ3) is 3.59. The minimum absolute atomic E-state index is 0.438. The molecule has 1 fully saturated rings. The first-order chi connectivity index (χ1) is 8.65. The van der Waals surface area contributed by atoms with E-state index in [1.807, 2.05) is 0 Å². The number of carbonyl (C=O) groups excluding carboxylic acids is 1. The summed E-state index contributed by atoms with van der Waals surface area (Å²) in [5.74, 6) is 1.68. The Morgan fingerprint density at radius 1 is 1.17 bits per heavy atom. The van der Waals surface area contributed by atoms with Crippen LogP contribution in [0.3, 0.4) is 0 Å². The molecule has 0 spiro atoms. The Bertz CT molecular complexity index is 384. The molecule has 2 nitrogen and oxygen atoms in total. The van der Waals surface area contributed by atoms with Crippen molar-refractivity contribution in [3.8, 4) is 0 Å². The largest absolute Gasteiger partial charge is 0.385 e. The molecule has 1 aliphatic rings. The average molecular weight is 245 g/mol. The molecule has 0 aliphatic heterocycles. The summed E-state index contributed by atoms with van der Waals surface area (Å²) < 4.78 is 0. The summed E-state index contributed by atoms with van der Waals surface area (Å²) in [6.07, 6.45) is 3.66. The van der Waals surface area contributed by atoms with Gasteiger partial charge in [-0.05, 0) is 42.4 Å². The van der Waals surface area contributed by atoms with Gasteiger partial charge in [0, 0.05) is 25.1 Å². The maximum atomic E-state index is 11.2. The van der Waals surface area contributed by atoms with Crippen molar-refractivity contribution in [2.75, 3.05) is 11.9 Å². The van der Waals surface area contributed by atoms with Crippen LogP contribution in [-0.2, 0) is 4.79 Å². The van der Waals surface area contributed by atoms with E-state index >= 15 is 0 Å². The van der Waals surface area contributed by atoms with Gasteiger partial charge >= 0.3 is 0 Å². The van der Waals surface area contributed by atoms with Crippen LogP contribution >= 0.6 is 0 Å². The highest BCUT2D eigenvalue weighted by atomic mass is 16.1. The van der Waals surface area contributed by atoms with Crippen molar-refractivity contribution in [3.63, 3.8) is 0 Å². The van der Waals surface area contributed by atoms with E-state index in [1.165, 1.54) is 11.3 Å². The Hall–Kier alpha value is -1.31. The van der Waals surface area contributed by atoms with Gasteiger partial charge in [0.2, 0.25) is 0 Å². The smallest absolute Gasteiger partial charge is 0.132 e. The average Bonchev–Trinajstić information content (AvgIpc) is 2.38. The van der Waals surface area contributed by atoms with Crippen LogP contribution in [0.2, 0.25) is 0 Å². The van der Waals surface area contributed by atoms with E-state index in [1.54, 1.807) is 0 Å². The van der Waals surface area contributed by atoms with Crippen LogP contribution in [0.5, 0.6) is 0 Å². The standard InChI is InChI=1S/C16H23NO/c1-12(2)14-5-7-15(8-6-14)17-11-13-3-9-16(18)10-4-13/h5-8,12-13,17H,3-4,9-11H2,1-2H3. The first kappa shape index (κ1) is 13.1. The van der Waals surface area contributed by atoms with Crippen molar-refractivity contribution in [3.05, 3.63) is 29.8 Å². The van der Waals surface area contributed by atoms with Crippen molar-refractivity contribution in [1.82, 2.24) is 0 Å². The van der Waals surface area contributed by atoms with Crippen molar-refractivity contribution in [2.24, 2.45) is 5.92 Å². The van der Waals surface area contributed by atoms with Gasteiger partial charge in [-0.25, -0.2) is 0 Å². The Kier molecular flexibility index (Phi) is 4.40. The number of hydrogen-bond donors (Lipinski definition) is 1. The number of ketones is 1. The summed E-state index contributed by atoms with van der Waals surface area (Å²) in [4.78, 5) is 11.2. The number of Topliss-reactive ketones (excluding diaryl/α,β-unsaturated/α-hetero) is 1. The summed E-state index contributed by atoms with van der Waals surface area (Å²) in [6.45, 7) is 5.41. The van der Waals surface area contributed by atoms with Crippen LogP contribution < -0.4 is 5.32 Å². The number of benzene rings is 1. The molecular weight excluding hydrogens is 222 g/mol. The zero-order valence-corrected chi connectivity index (χ0v) is 11.4. The van der Waals surface area contributed by atoms with E-state index in [4.69, 9.17) is 0 Å². The van der Waals surface area contributed by atoms with E-state index in [9.17, 15) is 4.79 Å². The lowest BCUT2D eigenvalue weighted by molar-refractivity contribution is -0.120. The Morgan fingerprint density at radius 2 is 1.78 bits per heavy atom. The van der Waals surface area contributed by atoms with Crippen LogP contribution in [0.15, 0.2) is 24.3 Å². The van der Waals surface area contributed by atoms with Gasteiger partial charge in [-0.15, -0.1) is 0 Å². The van der Waals surface area contributed by atoms with Gasteiger partial charge in [-0.1, -0.05) is 26.0 Å². The molecule has 1 N–H and O–H groups in total. The van der Waals surface area contributed by atoms with Crippen LogP contribution in [0, 0.1) is 5.92 Å². The quantitative estimate of drug-likeness (QED) is 0.869. The lowest BCUT2D eigenvalue weighted by Gasteiger charge is -2.21. The van der Waals surface area contributed by atoms with Crippen molar-refractivity contribution < 1.29 is 4.79 Å². The van der Waals surface area contributed by atoms with Gasteiger partial charge in [0.1, 0.15) is 5.78 Å². The van der Waals surface area contributed by atoms with Crippen LogP contribution in [0.4, 0.5) is 5.69 Å². The molecule has 1 aromatic carbocycles. The zero-order valence-electron chi connectivity index (χ0n) is 11.4. The predicted octanol–water partition coefficient (Wildman–Crippen LogP) is 3.98. The first-order valence-electron chi connectivity index (χ1n) is 7.00. The molecule has 0 bridgehead atoms. The molecule has 2 rings (SSSR count). The van der Waals surface area contributed by atoms with E-state index < -0.39 is 0 Å². The Balaban J connectivity index is 1.81. The van der Waals surface area contributed by atoms with Gasteiger partial charge in [0.15, 0.2) is 0 Å². The van der Waals surface area contributed by atoms with Gasteiger partial charge < -0.3 is 5.32 Å². The molecule has 0 unspecified atom stereocenters. The first-order valence-corrected chi connectivity index (χ1v) is 7.00. The predicted molar refractivity (Wildman–Crippen MR) is 76.0 cm³/mol. The second-order valence-electron chi connectivity index (χ2n) is 5.64. The summed E-state index contributed by atoms with van der Waals surface area (Å²) in [5, 5.41) is 3.48. The van der Waals surface area contributed by atoms with E-state index in [2.05, 4.69) is 43.4 Å². The zero-order chi connectivity index (χ0) is 13.0. The van der Waals surface area contributed by atoms with Crippen LogP contribution in [0.25, 0.3) is 0 Å². The highest BCUT2D eigenvalue weighted by Crippen LogP contribution is 2.22. The molecule has 0 atom stereocenters. The van der Waals surface area contributed by atoms with Crippen LogP contribution in [0.1, 0.15) is 51.0 Å². The third-order valence-corrected chi connectivity index (χ3v) is 3.84. The minimum atomic E-state index is 0.438. The van der Waals surface area contributed by atoms with Crippen LogP contribution in [-0.4, -0.2) is 12.3 Å². The molecule has 0 saturated heterocycles. The highest BCUT2D eigenvalue weighted by molar-refractivity contribution is 5.79. The van der Waals surface area contributed by atoms with E-state index in [0.717, 1.165) is 32.2 Å². The highest BCUT2D eigenvalue weighted by Gasteiger charge is 2.18. The second kappa shape index (κ2) is 6.03. The third-order valence-electron chi connectivity index (χ3n) is 3.84. The summed E-state index contributed by atoms with van der Waals surface area (Å²) in [5.41, 5.74) is 2.57. The van der Waals surface area contributed by atoms with E-state index in [0.29, 0.717) is 17.6 Å². The SMILES string of the molecule is CC(C)c1ccc(NCC2CCC(=O)CC2)cc1. The number of nitrogens with one attached hydrogen (secondary N) is 1. The van der Waals surface area contributed by atoms with Crippen molar-refractivity contribution in [2.45, 2.75) is 45.4 Å². The second-order valence-corrected chi connectivity index (χ2v) is 5.64. The molecule has 0 radical (unpaired) electrons. The number of carbonyl (C=O) groups is 1. The molecule has 1 aliphatic carbocycles. The Labute approximate surface area is 110 Å². The molecule has 0 heterocycles. The fourth-order valence-electron chi connectivity index (χ4n) is 2.45. The maximum absolute atomic E-state index is 11.2. The molecule has 18 heavy (non-hydrogen) atoms. The fourth-order valence-corrected chi connectivity index (χ4v) is 2.45. The number of hydrogen-bond acceptors (Lipinski definition) is 2. The normalized spacial score (nSPS) is 17.2. The lowest BCUT2D eigenvalue weighted by Crippen LogP contribution is -2.21. The molecule has 98 valence electrons. The molecule has 1 saturated carbocycles. The van der Waals surface area contributed by atoms with Gasteiger partial charge in [0.25, 0.3) is 0 Å².